The van der Waals surface area contributed by atoms with E-state index in [4.69, 9.17) is 4.42 Å². The molecule has 0 radical (unpaired) electrons. The van der Waals surface area contributed by atoms with Crippen LogP contribution in [-0.2, 0) is 0 Å². The Balaban J connectivity index is 1.20. The largest absolute Gasteiger partial charge is 0.456 e. The van der Waals surface area contributed by atoms with Crippen LogP contribution in [0.3, 0.4) is 0 Å². The van der Waals surface area contributed by atoms with Gasteiger partial charge >= 0.3 is 0 Å². The number of hydrogen-bond donors (Lipinski definition) is 0. The molecule has 4 heterocycles. The predicted molar refractivity (Wildman–Crippen MR) is 195 cm³/mol. The molecule has 0 saturated carbocycles. The number of para-hydroxylation sites is 2. The second-order valence-electron chi connectivity index (χ2n) is 12.3. The fourth-order valence-corrected chi connectivity index (χ4v) is 7.48. The molecule has 0 aliphatic rings. The molecule has 0 spiro atoms. The van der Waals surface area contributed by atoms with Gasteiger partial charge < -0.3 is 13.6 Å². The Morgan fingerprint density at radius 1 is 0.469 bits per heavy atom. The maximum atomic E-state index is 10.2. The Labute approximate surface area is 279 Å². The van der Waals surface area contributed by atoms with Gasteiger partial charge in [0.1, 0.15) is 11.2 Å². The van der Waals surface area contributed by atoms with Crippen LogP contribution < -0.4 is 0 Å². The van der Waals surface area contributed by atoms with Crippen LogP contribution in [0.4, 0.5) is 0 Å². The number of benzene rings is 6. The van der Waals surface area contributed by atoms with Crippen LogP contribution in [0.15, 0.2) is 144 Å². The number of rotatable bonds is 3. The minimum absolute atomic E-state index is 0.563. The van der Waals surface area contributed by atoms with Gasteiger partial charge in [0.05, 0.1) is 51.5 Å². The Bertz CT molecular complexity index is 3090. The molecule has 0 aliphatic heterocycles. The molecule has 0 amide bonds. The number of fused-ring (bicyclic) bond motifs is 9. The van der Waals surface area contributed by atoms with E-state index in [2.05, 4.69) is 93.0 Å². The number of nitriles is 2. The molecule has 0 aliphatic carbocycles. The highest BCUT2D eigenvalue weighted by Crippen LogP contribution is 2.39. The van der Waals surface area contributed by atoms with E-state index in [1.807, 2.05) is 73.1 Å². The molecule has 0 N–H and O–H groups in total. The average molecular weight is 626 g/mol. The van der Waals surface area contributed by atoms with Crippen LogP contribution in [0, 0.1) is 22.7 Å². The fourth-order valence-electron chi connectivity index (χ4n) is 7.48. The van der Waals surface area contributed by atoms with Crippen LogP contribution in [0.1, 0.15) is 11.1 Å². The standard InChI is InChI=1S/C43H23N5O/c44-23-26-12-13-39-35(18-26)32-8-1-3-10-38(32)48(39)31-17-27(24-45)16-29(20-31)28-6-5-7-30(19-28)47-40-21-37-34-9-2-4-11-42(34)49-43(37)22-36(40)33-14-15-46-25-41(33)47/h1-22,25H. The lowest BCUT2D eigenvalue weighted by molar-refractivity contribution is 0.669. The lowest BCUT2D eigenvalue weighted by atomic mass is 10.0. The normalized spacial score (nSPS) is 11.6. The minimum Gasteiger partial charge on any atom is -0.456 e. The molecule has 0 bridgehead atoms. The van der Waals surface area contributed by atoms with Crippen molar-refractivity contribution in [3.63, 3.8) is 0 Å². The Morgan fingerprint density at radius 3 is 2.12 bits per heavy atom. The summed E-state index contributed by atoms with van der Waals surface area (Å²) in [5.41, 5.74) is 10.7. The zero-order valence-electron chi connectivity index (χ0n) is 25.9. The van der Waals surface area contributed by atoms with E-state index in [0.717, 1.165) is 88.1 Å². The smallest absolute Gasteiger partial charge is 0.136 e. The Kier molecular flexibility index (Phi) is 5.61. The van der Waals surface area contributed by atoms with E-state index in [-0.39, 0.29) is 0 Å². The lowest BCUT2D eigenvalue weighted by Gasteiger charge is -2.13. The monoisotopic (exact) mass is 625 g/mol. The molecule has 0 unspecified atom stereocenters. The summed E-state index contributed by atoms with van der Waals surface area (Å²) in [6, 6.07) is 47.6. The van der Waals surface area contributed by atoms with Crippen molar-refractivity contribution in [2.24, 2.45) is 0 Å². The molecule has 0 saturated heterocycles. The first kappa shape index (κ1) is 27.0. The summed E-state index contributed by atoms with van der Waals surface area (Å²) >= 11 is 0. The van der Waals surface area contributed by atoms with Gasteiger partial charge in [-0.15, -0.1) is 0 Å². The molecule has 6 aromatic carbocycles. The van der Waals surface area contributed by atoms with Crippen LogP contribution in [0.25, 0.3) is 88.1 Å². The van der Waals surface area contributed by atoms with Gasteiger partial charge in [0.2, 0.25) is 0 Å². The molecule has 4 aromatic heterocycles. The van der Waals surface area contributed by atoms with Gasteiger partial charge in [0.25, 0.3) is 0 Å². The summed E-state index contributed by atoms with van der Waals surface area (Å²) in [5.74, 6) is 0. The number of hydrogen-bond acceptors (Lipinski definition) is 4. The maximum Gasteiger partial charge on any atom is 0.136 e. The molecular weight excluding hydrogens is 603 g/mol. The first-order valence-electron chi connectivity index (χ1n) is 16.0. The zero-order chi connectivity index (χ0) is 32.6. The number of furan rings is 1. The quantitative estimate of drug-likeness (QED) is 0.196. The SMILES string of the molecule is N#Cc1cc(-c2cccc(-n3c4cnccc4c4cc5oc6ccccc6c5cc43)c2)cc(-n2c3ccccc3c3cc(C#N)ccc32)c1. The number of aromatic nitrogens is 3. The van der Waals surface area contributed by atoms with E-state index >= 15 is 0 Å². The van der Waals surface area contributed by atoms with Crippen molar-refractivity contribution >= 4 is 65.6 Å². The first-order valence-corrected chi connectivity index (χ1v) is 16.0. The third-order valence-corrected chi connectivity index (χ3v) is 9.61. The van der Waals surface area contributed by atoms with Gasteiger partial charge in [0.15, 0.2) is 0 Å². The van der Waals surface area contributed by atoms with Crippen molar-refractivity contribution in [1.29, 1.82) is 10.5 Å². The molecule has 6 heteroatoms. The van der Waals surface area contributed by atoms with Gasteiger partial charge in [-0.05, 0) is 90.0 Å². The molecule has 226 valence electrons. The van der Waals surface area contributed by atoms with E-state index in [0.29, 0.717) is 11.1 Å². The van der Waals surface area contributed by atoms with E-state index in [1.165, 1.54) is 0 Å². The Hall–Kier alpha value is -7.15. The number of nitrogens with zero attached hydrogens (tertiary/aromatic N) is 5. The average Bonchev–Trinajstić information content (AvgIpc) is 3.80. The highest BCUT2D eigenvalue weighted by Gasteiger charge is 2.18. The molecule has 6 nitrogen and oxygen atoms in total. The molecule has 10 rings (SSSR count). The minimum atomic E-state index is 0.563. The topological polar surface area (TPSA) is 83.5 Å². The van der Waals surface area contributed by atoms with Crippen molar-refractivity contribution in [1.82, 2.24) is 14.1 Å². The van der Waals surface area contributed by atoms with E-state index in [1.54, 1.807) is 0 Å². The van der Waals surface area contributed by atoms with E-state index < -0.39 is 0 Å². The summed E-state index contributed by atoms with van der Waals surface area (Å²) in [6.07, 6.45) is 3.74. The predicted octanol–water partition coefficient (Wildman–Crippen LogP) is 10.6. The van der Waals surface area contributed by atoms with Crippen molar-refractivity contribution in [3.05, 3.63) is 151 Å². The van der Waals surface area contributed by atoms with Gasteiger partial charge in [-0.25, -0.2) is 0 Å². The zero-order valence-corrected chi connectivity index (χ0v) is 25.9. The van der Waals surface area contributed by atoms with Crippen LogP contribution >= 0.6 is 0 Å². The summed E-state index contributed by atoms with van der Waals surface area (Å²) in [5, 5.41) is 26.2. The van der Waals surface area contributed by atoms with Crippen molar-refractivity contribution in [3.8, 4) is 34.6 Å². The van der Waals surface area contributed by atoms with Crippen molar-refractivity contribution in [2.75, 3.05) is 0 Å². The molecule has 0 atom stereocenters. The second-order valence-corrected chi connectivity index (χ2v) is 12.3. The highest BCUT2D eigenvalue weighted by molar-refractivity contribution is 6.17. The number of pyridine rings is 1. The van der Waals surface area contributed by atoms with Crippen LogP contribution in [0.5, 0.6) is 0 Å². The lowest BCUT2D eigenvalue weighted by Crippen LogP contribution is -1.97. The summed E-state index contributed by atoms with van der Waals surface area (Å²) in [7, 11) is 0. The molecule has 10 aromatic rings. The molecule has 49 heavy (non-hydrogen) atoms. The summed E-state index contributed by atoms with van der Waals surface area (Å²) in [6.45, 7) is 0. The first-order chi connectivity index (χ1) is 24.2. The molecular formula is C43H23N5O. The second kappa shape index (κ2) is 10.2. The Morgan fingerprint density at radius 2 is 1.22 bits per heavy atom. The van der Waals surface area contributed by atoms with Crippen molar-refractivity contribution < 1.29 is 4.42 Å². The fraction of sp³-hybridized carbons (Fsp3) is 0. The third kappa shape index (κ3) is 3.96. The third-order valence-electron chi connectivity index (χ3n) is 9.61. The van der Waals surface area contributed by atoms with E-state index in [9.17, 15) is 10.5 Å². The van der Waals surface area contributed by atoms with Crippen LogP contribution in [-0.4, -0.2) is 14.1 Å². The van der Waals surface area contributed by atoms with Crippen LogP contribution in [0.2, 0.25) is 0 Å². The molecule has 0 fully saturated rings. The summed E-state index contributed by atoms with van der Waals surface area (Å²) < 4.78 is 10.7. The van der Waals surface area contributed by atoms with Gasteiger partial charge in [-0.3, -0.25) is 4.98 Å². The van der Waals surface area contributed by atoms with Gasteiger partial charge in [-0.2, -0.15) is 10.5 Å². The summed E-state index contributed by atoms with van der Waals surface area (Å²) in [4.78, 5) is 4.50. The highest BCUT2D eigenvalue weighted by atomic mass is 16.3. The van der Waals surface area contributed by atoms with Gasteiger partial charge in [-0.1, -0.05) is 48.5 Å². The maximum absolute atomic E-state index is 10.2. The van der Waals surface area contributed by atoms with Crippen molar-refractivity contribution in [2.45, 2.75) is 0 Å². The van der Waals surface area contributed by atoms with Gasteiger partial charge in [0, 0.05) is 49.9 Å².